The third-order valence-electron chi connectivity index (χ3n) is 2.74. The van der Waals surface area contributed by atoms with Gasteiger partial charge in [-0.15, -0.1) is 11.3 Å². The molecule has 0 N–H and O–H groups in total. The first kappa shape index (κ1) is 13.1. The number of aryl methyl sites for hydroxylation is 1. The average Bonchev–Trinajstić information content (AvgIpc) is 3.11. The Morgan fingerprint density at radius 1 is 1.25 bits per heavy atom. The van der Waals surface area contributed by atoms with Crippen LogP contribution in [0.4, 0.5) is 0 Å². The number of halogens is 1. The van der Waals surface area contributed by atoms with Crippen LogP contribution in [0.1, 0.15) is 17.0 Å². The first-order valence-electron chi connectivity index (χ1n) is 6.04. The number of benzene rings is 1. The standard InChI is InChI=1S/C15H11ClN2OS/c1-10-4-6-11(7-5-10)9-12(16)15-17-14(18-19-15)13-3-2-8-20-13/h2-9H,1H3/b12-9-. The van der Waals surface area contributed by atoms with E-state index in [0.717, 1.165) is 10.4 Å². The number of nitrogens with zero attached hydrogens (tertiary/aromatic N) is 2. The van der Waals surface area contributed by atoms with Crippen molar-refractivity contribution >= 4 is 34.0 Å². The molecule has 0 aliphatic heterocycles. The number of thiophene rings is 1. The molecule has 0 aliphatic rings. The Morgan fingerprint density at radius 3 is 2.75 bits per heavy atom. The number of rotatable bonds is 3. The van der Waals surface area contributed by atoms with Crippen molar-refractivity contribution in [1.82, 2.24) is 10.1 Å². The van der Waals surface area contributed by atoms with Gasteiger partial charge in [0.05, 0.1) is 4.88 Å². The molecule has 2 aromatic heterocycles. The second-order valence-corrected chi connectivity index (χ2v) is 5.66. The minimum atomic E-state index is 0.329. The minimum absolute atomic E-state index is 0.329. The summed E-state index contributed by atoms with van der Waals surface area (Å²) in [6.45, 7) is 2.04. The minimum Gasteiger partial charge on any atom is -0.333 e. The molecule has 0 saturated carbocycles. The van der Waals surface area contributed by atoms with Crippen molar-refractivity contribution < 1.29 is 4.52 Å². The van der Waals surface area contributed by atoms with Gasteiger partial charge in [0, 0.05) is 0 Å². The van der Waals surface area contributed by atoms with Crippen molar-refractivity contribution in [3.63, 3.8) is 0 Å². The zero-order valence-corrected chi connectivity index (χ0v) is 12.3. The Kier molecular flexibility index (Phi) is 3.67. The maximum Gasteiger partial charge on any atom is 0.269 e. The van der Waals surface area contributed by atoms with Gasteiger partial charge in [-0.3, -0.25) is 0 Å². The lowest BCUT2D eigenvalue weighted by molar-refractivity contribution is 0.410. The van der Waals surface area contributed by atoms with E-state index in [9.17, 15) is 0 Å². The fourth-order valence-electron chi connectivity index (χ4n) is 1.70. The Bertz CT molecular complexity index is 730. The number of aromatic nitrogens is 2. The monoisotopic (exact) mass is 302 g/mol. The van der Waals surface area contributed by atoms with Gasteiger partial charge in [0.25, 0.3) is 5.89 Å². The van der Waals surface area contributed by atoms with E-state index in [1.165, 1.54) is 5.56 Å². The third-order valence-corrected chi connectivity index (χ3v) is 3.88. The van der Waals surface area contributed by atoms with E-state index >= 15 is 0 Å². The molecule has 0 unspecified atom stereocenters. The molecule has 20 heavy (non-hydrogen) atoms. The van der Waals surface area contributed by atoms with Gasteiger partial charge >= 0.3 is 0 Å². The van der Waals surface area contributed by atoms with E-state index < -0.39 is 0 Å². The molecule has 3 rings (SSSR count). The summed E-state index contributed by atoms with van der Waals surface area (Å²) < 4.78 is 5.19. The van der Waals surface area contributed by atoms with Crippen molar-refractivity contribution in [1.29, 1.82) is 0 Å². The summed E-state index contributed by atoms with van der Waals surface area (Å²) in [7, 11) is 0. The maximum atomic E-state index is 6.22. The predicted octanol–water partition coefficient (Wildman–Crippen LogP) is 4.84. The molecule has 100 valence electrons. The van der Waals surface area contributed by atoms with Crippen molar-refractivity contribution in [3.8, 4) is 10.7 Å². The van der Waals surface area contributed by atoms with Crippen LogP contribution in [0.25, 0.3) is 21.8 Å². The van der Waals surface area contributed by atoms with Crippen LogP contribution in [0.5, 0.6) is 0 Å². The highest BCUT2D eigenvalue weighted by molar-refractivity contribution is 7.13. The Balaban J connectivity index is 1.87. The van der Waals surface area contributed by atoms with E-state index in [2.05, 4.69) is 10.1 Å². The summed E-state index contributed by atoms with van der Waals surface area (Å²) in [5, 5.41) is 6.34. The SMILES string of the molecule is Cc1ccc(/C=C(\Cl)c2nc(-c3cccs3)no2)cc1. The quantitative estimate of drug-likeness (QED) is 0.694. The summed E-state index contributed by atoms with van der Waals surface area (Å²) in [5.74, 6) is 0.890. The van der Waals surface area contributed by atoms with Crippen LogP contribution < -0.4 is 0 Å². The van der Waals surface area contributed by atoms with E-state index in [1.807, 2.05) is 54.8 Å². The molecule has 0 radical (unpaired) electrons. The van der Waals surface area contributed by atoms with Crippen LogP contribution in [0.2, 0.25) is 0 Å². The zero-order valence-electron chi connectivity index (χ0n) is 10.7. The largest absolute Gasteiger partial charge is 0.333 e. The Labute approximate surface area is 125 Å². The van der Waals surface area contributed by atoms with Gasteiger partial charge in [-0.05, 0) is 30.0 Å². The van der Waals surface area contributed by atoms with Gasteiger partial charge in [-0.1, -0.05) is 52.7 Å². The second kappa shape index (κ2) is 5.61. The zero-order chi connectivity index (χ0) is 13.9. The molecule has 1 aromatic carbocycles. The maximum absolute atomic E-state index is 6.22. The molecule has 0 spiro atoms. The van der Waals surface area contributed by atoms with Gasteiger partial charge in [0.15, 0.2) is 0 Å². The third kappa shape index (κ3) is 2.81. The molecule has 0 atom stereocenters. The van der Waals surface area contributed by atoms with Gasteiger partial charge in [0.2, 0.25) is 5.82 Å². The average molecular weight is 303 g/mol. The Morgan fingerprint density at radius 2 is 2.05 bits per heavy atom. The molecule has 3 nitrogen and oxygen atoms in total. The normalized spacial score (nSPS) is 11.8. The highest BCUT2D eigenvalue weighted by Gasteiger charge is 2.11. The van der Waals surface area contributed by atoms with Gasteiger partial charge in [-0.25, -0.2) is 0 Å². The molecule has 0 saturated heterocycles. The van der Waals surface area contributed by atoms with Crippen LogP contribution >= 0.6 is 22.9 Å². The molecule has 0 amide bonds. The predicted molar refractivity (Wildman–Crippen MR) is 82.5 cm³/mol. The lowest BCUT2D eigenvalue weighted by atomic mass is 10.1. The molecule has 5 heteroatoms. The molecule has 0 aliphatic carbocycles. The van der Waals surface area contributed by atoms with Crippen molar-refractivity contribution in [2.24, 2.45) is 0 Å². The smallest absolute Gasteiger partial charge is 0.269 e. The summed E-state index contributed by atoms with van der Waals surface area (Å²) in [6.07, 6.45) is 1.81. The number of hydrogen-bond acceptors (Lipinski definition) is 4. The molecular formula is C15H11ClN2OS. The van der Waals surface area contributed by atoms with E-state index in [0.29, 0.717) is 16.7 Å². The van der Waals surface area contributed by atoms with Gasteiger partial charge in [0.1, 0.15) is 5.03 Å². The molecule has 3 aromatic rings. The topological polar surface area (TPSA) is 38.9 Å². The highest BCUT2D eigenvalue weighted by Crippen LogP contribution is 2.26. The summed E-state index contributed by atoms with van der Waals surface area (Å²) in [5.41, 5.74) is 2.20. The van der Waals surface area contributed by atoms with Crippen molar-refractivity contribution in [2.75, 3.05) is 0 Å². The molecule has 2 heterocycles. The summed E-state index contributed by atoms with van der Waals surface area (Å²) >= 11 is 7.78. The van der Waals surface area contributed by atoms with Crippen LogP contribution in [0.3, 0.4) is 0 Å². The second-order valence-electron chi connectivity index (χ2n) is 4.30. The van der Waals surface area contributed by atoms with Crippen molar-refractivity contribution in [2.45, 2.75) is 6.92 Å². The molecular weight excluding hydrogens is 292 g/mol. The number of hydrogen-bond donors (Lipinski definition) is 0. The Hall–Kier alpha value is -1.91. The van der Waals surface area contributed by atoms with Crippen LogP contribution in [-0.2, 0) is 0 Å². The van der Waals surface area contributed by atoms with Crippen LogP contribution in [-0.4, -0.2) is 10.1 Å². The lowest BCUT2D eigenvalue weighted by Crippen LogP contribution is -1.79. The van der Waals surface area contributed by atoms with Gasteiger partial charge < -0.3 is 4.52 Å². The first-order valence-corrected chi connectivity index (χ1v) is 7.30. The highest BCUT2D eigenvalue weighted by atomic mass is 35.5. The lowest BCUT2D eigenvalue weighted by Gasteiger charge is -1.95. The summed E-state index contributed by atoms with van der Waals surface area (Å²) in [6, 6.07) is 11.9. The van der Waals surface area contributed by atoms with E-state index in [-0.39, 0.29) is 0 Å². The molecule has 0 bridgehead atoms. The van der Waals surface area contributed by atoms with E-state index in [1.54, 1.807) is 11.3 Å². The van der Waals surface area contributed by atoms with E-state index in [4.69, 9.17) is 16.1 Å². The molecule has 0 fully saturated rings. The fourth-order valence-corrected chi connectivity index (χ4v) is 2.55. The van der Waals surface area contributed by atoms with Gasteiger partial charge in [-0.2, -0.15) is 4.98 Å². The van der Waals surface area contributed by atoms with Crippen molar-refractivity contribution in [3.05, 3.63) is 58.8 Å². The summed E-state index contributed by atoms with van der Waals surface area (Å²) in [4.78, 5) is 5.26. The van der Waals surface area contributed by atoms with Crippen LogP contribution in [0, 0.1) is 6.92 Å². The van der Waals surface area contributed by atoms with Crippen LogP contribution in [0.15, 0.2) is 46.3 Å². The first-order chi connectivity index (χ1) is 9.72. The fraction of sp³-hybridized carbons (Fsp3) is 0.0667.